The fraction of sp³-hybridized carbons (Fsp3) is 0.700. The number of aliphatic hydroxyl groups excluding tert-OH is 1. The van der Waals surface area contributed by atoms with Crippen LogP contribution in [0, 0.1) is 6.92 Å². The van der Waals surface area contributed by atoms with E-state index in [0.717, 1.165) is 32.5 Å². The quantitative estimate of drug-likeness (QED) is 0.792. The summed E-state index contributed by atoms with van der Waals surface area (Å²) in [6, 6.07) is 8.60. The van der Waals surface area contributed by atoms with Gasteiger partial charge in [0.2, 0.25) is 0 Å². The van der Waals surface area contributed by atoms with Gasteiger partial charge in [-0.1, -0.05) is 29.8 Å². The summed E-state index contributed by atoms with van der Waals surface area (Å²) in [5.41, 5.74) is 2.31. The molecule has 1 aromatic carbocycles. The van der Waals surface area contributed by atoms with Crippen LogP contribution >= 0.6 is 0 Å². The summed E-state index contributed by atoms with van der Waals surface area (Å²) in [6.07, 6.45) is 2.04. The Morgan fingerprint density at radius 3 is 2.58 bits per heavy atom. The fourth-order valence-corrected chi connectivity index (χ4v) is 2.93. The largest absolute Gasteiger partial charge is 0.389 e. The lowest BCUT2D eigenvalue weighted by molar-refractivity contribution is -0.0594. The maximum Gasteiger partial charge on any atom is 0.0900 e. The third-order valence-corrected chi connectivity index (χ3v) is 4.19. The lowest BCUT2D eigenvalue weighted by atomic mass is 10.1. The van der Waals surface area contributed by atoms with Gasteiger partial charge in [0, 0.05) is 26.2 Å². The van der Waals surface area contributed by atoms with E-state index in [9.17, 15) is 5.11 Å². The first-order chi connectivity index (χ1) is 11.3. The predicted molar refractivity (Wildman–Crippen MR) is 97.1 cm³/mol. The van der Waals surface area contributed by atoms with E-state index in [1.165, 1.54) is 11.1 Å². The maximum absolute atomic E-state index is 10.4. The number of nitrogens with zero attached hydrogens (tertiary/aromatic N) is 1. The molecule has 4 heteroatoms. The highest BCUT2D eigenvalue weighted by atomic mass is 16.5. The summed E-state index contributed by atoms with van der Waals surface area (Å²) < 4.78 is 11.5. The Labute approximate surface area is 146 Å². The first-order valence-corrected chi connectivity index (χ1v) is 9.03. The molecule has 0 spiro atoms. The lowest BCUT2D eigenvalue weighted by Crippen LogP contribution is -2.40. The summed E-state index contributed by atoms with van der Waals surface area (Å²) in [4.78, 5) is 2.29. The average molecular weight is 335 g/mol. The van der Waals surface area contributed by atoms with E-state index in [1.807, 2.05) is 20.8 Å². The predicted octanol–water partition coefficient (Wildman–Crippen LogP) is 3.15. The molecular formula is C20H33NO3. The van der Waals surface area contributed by atoms with E-state index in [-0.39, 0.29) is 11.7 Å². The van der Waals surface area contributed by atoms with Crippen LogP contribution in [0.3, 0.4) is 0 Å². The minimum Gasteiger partial charge on any atom is -0.389 e. The van der Waals surface area contributed by atoms with Crippen molar-refractivity contribution in [2.24, 2.45) is 0 Å². The van der Waals surface area contributed by atoms with Crippen LogP contribution in [0.4, 0.5) is 0 Å². The minimum atomic E-state index is -0.490. The van der Waals surface area contributed by atoms with E-state index in [1.54, 1.807) is 0 Å². The van der Waals surface area contributed by atoms with Crippen molar-refractivity contribution in [1.82, 2.24) is 4.90 Å². The molecule has 24 heavy (non-hydrogen) atoms. The lowest BCUT2D eigenvalue weighted by Gasteiger charge is -2.29. The van der Waals surface area contributed by atoms with Crippen LogP contribution < -0.4 is 0 Å². The van der Waals surface area contributed by atoms with E-state index in [4.69, 9.17) is 9.47 Å². The molecule has 1 fully saturated rings. The minimum absolute atomic E-state index is 0.225. The topological polar surface area (TPSA) is 41.9 Å². The zero-order valence-corrected chi connectivity index (χ0v) is 15.6. The highest BCUT2D eigenvalue weighted by Gasteiger charge is 2.22. The molecule has 2 rings (SSSR count). The van der Waals surface area contributed by atoms with Crippen molar-refractivity contribution in [3.63, 3.8) is 0 Å². The summed E-state index contributed by atoms with van der Waals surface area (Å²) in [5.74, 6) is 0. The second-order valence-electron chi connectivity index (χ2n) is 7.89. The van der Waals surface area contributed by atoms with Crippen molar-refractivity contribution in [2.45, 2.75) is 64.9 Å². The molecule has 0 saturated carbocycles. The van der Waals surface area contributed by atoms with Gasteiger partial charge < -0.3 is 14.6 Å². The van der Waals surface area contributed by atoms with E-state index in [0.29, 0.717) is 13.2 Å². The van der Waals surface area contributed by atoms with Gasteiger partial charge in [-0.2, -0.15) is 0 Å². The van der Waals surface area contributed by atoms with E-state index >= 15 is 0 Å². The molecule has 136 valence electrons. The van der Waals surface area contributed by atoms with E-state index in [2.05, 4.69) is 36.1 Å². The normalized spacial score (nSPS) is 19.8. The Kier molecular flexibility index (Phi) is 7.23. The van der Waals surface area contributed by atoms with Crippen LogP contribution in [0.25, 0.3) is 0 Å². The molecule has 0 amide bonds. The number of benzene rings is 1. The Hall–Kier alpha value is -0.940. The van der Waals surface area contributed by atoms with Gasteiger partial charge in [-0.25, -0.2) is 0 Å². The van der Waals surface area contributed by atoms with Crippen molar-refractivity contribution < 1.29 is 14.6 Å². The molecule has 0 bridgehead atoms. The average Bonchev–Trinajstić information content (AvgIpc) is 3.00. The first-order valence-electron chi connectivity index (χ1n) is 9.03. The molecule has 1 saturated heterocycles. The molecule has 1 aliphatic rings. The number of hydrogen-bond acceptors (Lipinski definition) is 4. The van der Waals surface area contributed by atoms with E-state index < -0.39 is 6.10 Å². The highest BCUT2D eigenvalue weighted by Crippen LogP contribution is 2.16. The molecule has 0 aliphatic carbocycles. The van der Waals surface area contributed by atoms with Crippen molar-refractivity contribution in [1.29, 1.82) is 0 Å². The van der Waals surface area contributed by atoms with Crippen molar-refractivity contribution >= 4 is 0 Å². The number of aliphatic hydroxyl groups is 1. The van der Waals surface area contributed by atoms with Gasteiger partial charge in [0.1, 0.15) is 0 Å². The molecule has 1 aliphatic heterocycles. The number of ether oxygens (including phenoxy) is 2. The van der Waals surface area contributed by atoms with Gasteiger partial charge in [0.15, 0.2) is 0 Å². The van der Waals surface area contributed by atoms with Gasteiger partial charge in [-0.3, -0.25) is 4.90 Å². The zero-order chi connectivity index (χ0) is 17.6. The van der Waals surface area contributed by atoms with Gasteiger partial charge in [-0.15, -0.1) is 0 Å². The molecule has 0 radical (unpaired) electrons. The Morgan fingerprint density at radius 2 is 2.00 bits per heavy atom. The summed E-state index contributed by atoms with van der Waals surface area (Å²) >= 11 is 0. The van der Waals surface area contributed by atoms with Crippen LogP contribution in [0.15, 0.2) is 24.3 Å². The highest BCUT2D eigenvalue weighted by molar-refractivity contribution is 5.21. The summed E-state index contributed by atoms with van der Waals surface area (Å²) in [5, 5.41) is 10.4. The monoisotopic (exact) mass is 335 g/mol. The zero-order valence-electron chi connectivity index (χ0n) is 15.6. The molecule has 2 atom stereocenters. The van der Waals surface area contributed by atoms with Crippen LogP contribution in [-0.2, 0) is 16.0 Å². The Morgan fingerprint density at radius 1 is 1.29 bits per heavy atom. The number of hydrogen-bond donors (Lipinski definition) is 1. The first kappa shape index (κ1) is 19.4. The molecule has 0 unspecified atom stereocenters. The maximum atomic E-state index is 10.4. The molecule has 1 aromatic rings. The Bertz CT molecular complexity index is 475. The molecule has 1 N–H and O–H groups in total. The van der Waals surface area contributed by atoms with Gasteiger partial charge in [0.25, 0.3) is 0 Å². The second-order valence-corrected chi connectivity index (χ2v) is 7.89. The molecular weight excluding hydrogens is 302 g/mol. The van der Waals surface area contributed by atoms with Gasteiger partial charge in [-0.05, 0) is 46.1 Å². The molecule has 4 nitrogen and oxygen atoms in total. The van der Waals surface area contributed by atoms with Crippen molar-refractivity contribution in [2.75, 3.05) is 26.3 Å². The summed E-state index contributed by atoms with van der Waals surface area (Å²) in [6.45, 7) is 11.6. The van der Waals surface area contributed by atoms with Crippen molar-refractivity contribution in [3.05, 3.63) is 35.4 Å². The second kappa shape index (κ2) is 8.95. The fourth-order valence-electron chi connectivity index (χ4n) is 2.93. The third-order valence-electron chi connectivity index (χ3n) is 4.19. The third kappa shape index (κ3) is 7.31. The molecule has 0 aromatic heterocycles. The Balaban J connectivity index is 1.92. The number of rotatable bonds is 8. The number of aryl methyl sites for hydroxylation is 1. The van der Waals surface area contributed by atoms with Crippen LogP contribution in [0.5, 0.6) is 0 Å². The smallest absolute Gasteiger partial charge is 0.0900 e. The van der Waals surface area contributed by atoms with Crippen LogP contribution in [0.2, 0.25) is 0 Å². The van der Waals surface area contributed by atoms with Gasteiger partial charge in [0.05, 0.1) is 24.4 Å². The van der Waals surface area contributed by atoms with Crippen LogP contribution in [0.1, 0.15) is 44.7 Å². The molecule has 1 heterocycles. The van der Waals surface area contributed by atoms with Crippen LogP contribution in [-0.4, -0.2) is 54.1 Å². The van der Waals surface area contributed by atoms with Gasteiger partial charge >= 0.3 is 0 Å². The summed E-state index contributed by atoms with van der Waals surface area (Å²) in [7, 11) is 0. The SMILES string of the molecule is Cc1ccc(CN(C[C@H](O)COC(C)(C)C)C[C@@H]2CCCO2)cc1. The van der Waals surface area contributed by atoms with Crippen molar-refractivity contribution in [3.8, 4) is 0 Å². The standard InChI is InChI=1S/C20H33NO3/c1-16-7-9-17(10-8-16)12-21(14-19-6-5-11-23-19)13-18(22)15-24-20(2,3)4/h7-10,18-19,22H,5-6,11-15H2,1-4H3/t18-,19-/m0/s1.